The minimum Gasteiger partial charge on any atom is -0.334 e. The molecule has 0 aromatic heterocycles. The summed E-state index contributed by atoms with van der Waals surface area (Å²) in [7, 11) is 0. The van der Waals surface area contributed by atoms with Gasteiger partial charge in [-0.1, -0.05) is 36.4 Å². The van der Waals surface area contributed by atoms with Crippen LogP contribution in [0.2, 0.25) is 0 Å². The van der Waals surface area contributed by atoms with Gasteiger partial charge in [0.25, 0.3) is 0 Å². The largest absolute Gasteiger partial charge is 0.334 e. The average Bonchev–Trinajstić information content (AvgIpc) is 3.04. The first-order valence-corrected chi connectivity index (χ1v) is 10.7. The Morgan fingerprint density at radius 3 is 2.70 bits per heavy atom. The van der Waals surface area contributed by atoms with Crippen LogP contribution in [-0.4, -0.2) is 46.8 Å². The molecule has 0 aliphatic carbocycles. The molecule has 0 unspecified atom stereocenters. The monoisotopic (exact) mass is 409 g/mol. The molecular weight excluding hydrogens is 381 g/mol. The van der Waals surface area contributed by atoms with Crippen LogP contribution in [0, 0.1) is 12.7 Å². The number of nitrogens with zero attached hydrogens (tertiary/aromatic N) is 2. The number of likely N-dealkylation sites (tertiary alicyclic amines) is 2. The van der Waals surface area contributed by atoms with Crippen LogP contribution in [0.4, 0.5) is 10.1 Å². The van der Waals surface area contributed by atoms with Crippen molar-refractivity contribution in [2.24, 2.45) is 0 Å². The number of benzene rings is 2. The van der Waals surface area contributed by atoms with Crippen LogP contribution in [0.5, 0.6) is 0 Å². The molecule has 2 aliphatic heterocycles. The third-order valence-corrected chi connectivity index (χ3v) is 6.32. The molecule has 0 saturated carbocycles. The zero-order valence-electron chi connectivity index (χ0n) is 17.3. The standard InChI is InChI=1S/C24H28FN3O2/c1-17-19(25)9-5-10-20(17)26-23(29)16-27-14-13-22-21(27)11-6-12-24(30)28(22)15-18-7-3-2-4-8-18/h2-5,7-10,21-22H,6,11-16H2,1H3,(H,26,29)/t21-,22-/m1/s1. The van der Waals surface area contributed by atoms with Crippen molar-refractivity contribution in [2.75, 3.05) is 18.4 Å². The lowest BCUT2D eigenvalue weighted by Crippen LogP contribution is -2.47. The highest BCUT2D eigenvalue weighted by Gasteiger charge is 2.41. The average molecular weight is 410 g/mol. The fourth-order valence-electron chi connectivity index (χ4n) is 4.73. The second kappa shape index (κ2) is 8.96. The summed E-state index contributed by atoms with van der Waals surface area (Å²) >= 11 is 0. The number of hydrogen-bond acceptors (Lipinski definition) is 3. The smallest absolute Gasteiger partial charge is 0.238 e. The Bertz CT molecular complexity index is 918. The van der Waals surface area contributed by atoms with Crippen LogP contribution >= 0.6 is 0 Å². The fraction of sp³-hybridized carbons (Fsp3) is 0.417. The van der Waals surface area contributed by atoms with E-state index in [1.165, 1.54) is 6.07 Å². The van der Waals surface area contributed by atoms with E-state index in [0.29, 0.717) is 24.2 Å². The Hall–Kier alpha value is -2.73. The van der Waals surface area contributed by atoms with E-state index in [-0.39, 0.29) is 36.3 Å². The normalized spacial score (nSPS) is 21.9. The van der Waals surface area contributed by atoms with Gasteiger partial charge in [0.1, 0.15) is 5.82 Å². The SMILES string of the molecule is Cc1c(F)cccc1NC(=O)CN1CC[C@@H]2[C@H]1CCCC(=O)N2Cc1ccccc1. The first kappa shape index (κ1) is 20.5. The molecule has 2 aromatic carbocycles. The van der Waals surface area contributed by atoms with Gasteiger partial charge in [0, 0.05) is 42.8 Å². The van der Waals surface area contributed by atoms with Gasteiger partial charge in [0.05, 0.1) is 6.54 Å². The van der Waals surface area contributed by atoms with Crippen molar-refractivity contribution in [3.63, 3.8) is 0 Å². The summed E-state index contributed by atoms with van der Waals surface area (Å²) in [5.74, 6) is -0.268. The quantitative estimate of drug-likeness (QED) is 0.819. The van der Waals surface area contributed by atoms with E-state index in [9.17, 15) is 14.0 Å². The Balaban J connectivity index is 1.44. The number of nitrogens with one attached hydrogen (secondary N) is 1. The molecule has 2 fully saturated rings. The van der Waals surface area contributed by atoms with Gasteiger partial charge in [-0.05, 0) is 43.9 Å². The molecule has 2 saturated heterocycles. The van der Waals surface area contributed by atoms with Gasteiger partial charge < -0.3 is 10.2 Å². The second-order valence-corrected chi connectivity index (χ2v) is 8.25. The topological polar surface area (TPSA) is 52.7 Å². The van der Waals surface area contributed by atoms with Crippen LogP contribution in [0.1, 0.15) is 36.8 Å². The van der Waals surface area contributed by atoms with Crippen molar-refractivity contribution in [2.45, 2.75) is 51.2 Å². The van der Waals surface area contributed by atoms with E-state index >= 15 is 0 Å². The summed E-state index contributed by atoms with van der Waals surface area (Å²) < 4.78 is 13.8. The summed E-state index contributed by atoms with van der Waals surface area (Å²) in [6.07, 6.45) is 3.18. The molecule has 1 N–H and O–H groups in total. The number of carbonyl (C=O) groups excluding carboxylic acids is 2. The number of anilines is 1. The van der Waals surface area contributed by atoms with Crippen LogP contribution in [0.3, 0.4) is 0 Å². The van der Waals surface area contributed by atoms with Gasteiger partial charge in [0.15, 0.2) is 0 Å². The zero-order valence-corrected chi connectivity index (χ0v) is 17.3. The minimum absolute atomic E-state index is 0.129. The van der Waals surface area contributed by atoms with Crippen molar-refractivity contribution >= 4 is 17.5 Å². The highest BCUT2D eigenvalue weighted by atomic mass is 19.1. The zero-order chi connectivity index (χ0) is 21.1. The van der Waals surface area contributed by atoms with Crippen LogP contribution in [-0.2, 0) is 16.1 Å². The highest BCUT2D eigenvalue weighted by molar-refractivity contribution is 5.93. The molecule has 0 bridgehead atoms. The molecule has 30 heavy (non-hydrogen) atoms. The summed E-state index contributed by atoms with van der Waals surface area (Å²) in [5, 5.41) is 2.85. The van der Waals surface area contributed by atoms with E-state index in [4.69, 9.17) is 0 Å². The fourth-order valence-corrected chi connectivity index (χ4v) is 4.73. The maximum atomic E-state index is 13.8. The highest BCUT2D eigenvalue weighted by Crippen LogP contribution is 2.31. The number of fused-ring (bicyclic) bond motifs is 1. The molecule has 0 radical (unpaired) electrons. The van der Waals surface area contributed by atoms with Gasteiger partial charge >= 0.3 is 0 Å². The lowest BCUT2D eigenvalue weighted by molar-refractivity contribution is -0.133. The van der Waals surface area contributed by atoms with Crippen LogP contribution in [0.25, 0.3) is 0 Å². The molecule has 0 spiro atoms. The lowest BCUT2D eigenvalue weighted by atomic mass is 10.0. The molecule has 2 aromatic rings. The molecule has 5 nitrogen and oxygen atoms in total. The molecule has 2 atom stereocenters. The van der Waals surface area contributed by atoms with Crippen molar-refractivity contribution in [1.82, 2.24) is 9.80 Å². The lowest BCUT2D eigenvalue weighted by Gasteiger charge is -2.33. The van der Waals surface area contributed by atoms with Crippen molar-refractivity contribution in [3.05, 3.63) is 65.5 Å². The van der Waals surface area contributed by atoms with E-state index in [1.54, 1.807) is 19.1 Å². The molecule has 158 valence electrons. The number of amides is 2. The van der Waals surface area contributed by atoms with E-state index in [1.807, 2.05) is 23.1 Å². The summed E-state index contributed by atoms with van der Waals surface area (Å²) in [5.41, 5.74) is 2.08. The first-order valence-electron chi connectivity index (χ1n) is 10.7. The van der Waals surface area contributed by atoms with Gasteiger partial charge in [0.2, 0.25) is 11.8 Å². The van der Waals surface area contributed by atoms with Crippen molar-refractivity contribution in [1.29, 1.82) is 0 Å². The Morgan fingerprint density at radius 2 is 1.90 bits per heavy atom. The number of rotatable bonds is 5. The maximum absolute atomic E-state index is 13.8. The first-order chi connectivity index (χ1) is 14.5. The predicted octanol–water partition coefficient (Wildman–Crippen LogP) is 3.73. The summed E-state index contributed by atoms with van der Waals surface area (Å²) in [6.45, 7) is 3.31. The van der Waals surface area contributed by atoms with Gasteiger partial charge in [-0.2, -0.15) is 0 Å². The summed E-state index contributed by atoms with van der Waals surface area (Å²) in [4.78, 5) is 29.7. The number of carbonyl (C=O) groups is 2. The van der Waals surface area contributed by atoms with Gasteiger partial charge in [-0.3, -0.25) is 14.5 Å². The number of halogens is 1. The molecular formula is C24H28FN3O2. The number of hydrogen-bond donors (Lipinski definition) is 1. The van der Waals surface area contributed by atoms with Gasteiger partial charge in [-0.15, -0.1) is 0 Å². The minimum atomic E-state index is -0.326. The Labute approximate surface area is 176 Å². The van der Waals surface area contributed by atoms with Crippen molar-refractivity contribution < 1.29 is 14.0 Å². The molecule has 2 amide bonds. The van der Waals surface area contributed by atoms with Gasteiger partial charge in [-0.25, -0.2) is 4.39 Å². The van der Waals surface area contributed by atoms with Crippen LogP contribution in [0.15, 0.2) is 48.5 Å². The van der Waals surface area contributed by atoms with E-state index in [0.717, 1.165) is 31.4 Å². The van der Waals surface area contributed by atoms with Crippen LogP contribution < -0.4 is 5.32 Å². The molecule has 6 heteroatoms. The third kappa shape index (κ3) is 4.38. The van der Waals surface area contributed by atoms with Crippen molar-refractivity contribution in [3.8, 4) is 0 Å². The molecule has 2 heterocycles. The summed E-state index contributed by atoms with van der Waals surface area (Å²) in [6, 6.07) is 15.1. The maximum Gasteiger partial charge on any atom is 0.238 e. The van der Waals surface area contributed by atoms with E-state index in [2.05, 4.69) is 22.3 Å². The van der Waals surface area contributed by atoms with E-state index < -0.39 is 0 Å². The Morgan fingerprint density at radius 1 is 1.10 bits per heavy atom. The molecule has 2 aliphatic rings. The third-order valence-electron chi connectivity index (χ3n) is 6.32. The predicted molar refractivity (Wildman–Crippen MR) is 114 cm³/mol. The molecule has 4 rings (SSSR count). The second-order valence-electron chi connectivity index (χ2n) is 8.25. The Kier molecular flexibility index (Phi) is 6.13.